The summed E-state index contributed by atoms with van der Waals surface area (Å²) in [6, 6.07) is 12.5. The molecule has 1 unspecified atom stereocenters. The van der Waals surface area contributed by atoms with E-state index < -0.39 is 0 Å². The Morgan fingerprint density at radius 3 is 3.00 bits per heavy atom. The normalized spacial score (nSPS) is 18.1. The number of hydrogen-bond donors (Lipinski definition) is 0. The summed E-state index contributed by atoms with van der Waals surface area (Å²) in [6.45, 7) is 4.51. The molecule has 0 radical (unpaired) electrons. The molecule has 1 aliphatic rings. The molecule has 4 nitrogen and oxygen atoms in total. The number of pyridine rings is 1. The summed E-state index contributed by atoms with van der Waals surface area (Å²) in [5.41, 5.74) is 3.14. The topological polar surface area (TPSA) is 34.6 Å². The SMILES string of the molecule is COc1cccc2c(N3CCOC(c4cccs4)C3)cc(C)nc12. The van der Waals surface area contributed by atoms with Crippen molar-refractivity contribution in [3.63, 3.8) is 0 Å². The van der Waals surface area contributed by atoms with Crippen molar-refractivity contribution in [2.75, 3.05) is 31.7 Å². The molecule has 4 rings (SSSR count). The van der Waals surface area contributed by atoms with Gasteiger partial charge in [-0.15, -0.1) is 11.3 Å². The molecular formula is C19H20N2O2S. The van der Waals surface area contributed by atoms with Crippen LogP contribution in [-0.4, -0.2) is 31.8 Å². The first-order valence-electron chi connectivity index (χ1n) is 8.10. The number of rotatable bonds is 3. The molecule has 1 saturated heterocycles. The fourth-order valence-corrected chi connectivity index (χ4v) is 4.04. The third-order valence-electron chi connectivity index (χ3n) is 4.40. The van der Waals surface area contributed by atoms with E-state index in [-0.39, 0.29) is 6.10 Å². The first-order chi connectivity index (χ1) is 11.8. The second-order valence-corrected chi connectivity index (χ2v) is 6.94. The number of morpholine rings is 1. The second kappa shape index (κ2) is 6.42. The maximum Gasteiger partial charge on any atom is 0.145 e. The van der Waals surface area contributed by atoms with Crippen LogP contribution in [0.25, 0.3) is 10.9 Å². The summed E-state index contributed by atoms with van der Waals surface area (Å²) in [7, 11) is 1.69. The van der Waals surface area contributed by atoms with Crippen molar-refractivity contribution in [1.29, 1.82) is 0 Å². The molecule has 124 valence electrons. The van der Waals surface area contributed by atoms with Gasteiger partial charge in [0.1, 0.15) is 17.4 Å². The van der Waals surface area contributed by atoms with E-state index in [4.69, 9.17) is 9.47 Å². The summed E-state index contributed by atoms with van der Waals surface area (Å²) >= 11 is 1.76. The van der Waals surface area contributed by atoms with E-state index in [0.717, 1.165) is 42.0 Å². The van der Waals surface area contributed by atoms with Crippen molar-refractivity contribution in [1.82, 2.24) is 4.98 Å². The van der Waals surface area contributed by atoms with E-state index >= 15 is 0 Å². The van der Waals surface area contributed by atoms with E-state index in [9.17, 15) is 0 Å². The van der Waals surface area contributed by atoms with Crippen LogP contribution in [0, 0.1) is 6.92 Å². The van der Waals surface area contributed by atoms with Gasteiger partial charge < -0.3 is 14.4 Å². The monoisotopic (exact) mass is 340 g/mol. The van der Waals surface area contributed by atoms with E-state index in [1.165, 1.54) is 10.6 Å². The Balaban J connectivity index is 1.75. The number of methoxy groups -OCH3 is 1. The lowest BCUT2D eigenvalue weighted by atomic mass is 10.1. The lowest BCUT2D eigenvalue weighted by Crippen LogP contribution is -2.38. The summed E-state index contributed by atoms with van der Waals surface area (Å²) in [6.07, 6.45) is 0.132. The van der Waals surface area contributed by atoms with E-state index in [1.54, 1.807) is 18.4 Å². The fraction of sp³-hybridized carbons (Fsp3) is 0.316. The maximum atomic E-state index is 5.99. The summed E-state index contributed by atoms with van der Waals surface area (Å²) in [5, 5.41) is 3.24. The Morgan fingerprint density at radius 2 is 2.21 bits per heavy atom. The third-order valence-corrected chi connectivity index (χ3v) is 5.36. The molecule has 1 aromatic carbocycles. The van der Waals surface area contributed by atoms with Crippen molar-refractivity contribution in [2.24, 2.45) is 0 Å². The fourth-order valence-electron chi connectivity index (χ4n) is 3.27. The highest BCUT2D eigenvalue weighted by Crippen LogP contribution is 2.35. The molecule has 0 saturated carbocycles. The van der Waals surface area contributed by atoms with E-state index in [2.05, 4.69) is 39.5 Å². The maximum absolute atomic E-state index is 5.99. The third kappa shape index (κ3) is 2.74. The van der Waals surface area contributed by atoms with Crippen molar-refractivity contribution in [2.45, 2.75) is 13.0 Å². The molecule has 3 heterocycles. The number of para-hydroxylation sites is 1. The van der Waals surface area contributed by atoms with Crippen LogP contribution in [0.5, 0.6) is 5.75 Å². The zero-order valence-electron chi connectivity index (χ0n) is 13.9. The highest BCUT2D eigenvalue weighted by atomic mass is 32.1. The van der Waals surface area contributed by atoms with Crippen molar-refractivity contribution < 1.29 is 9.47 Å². The van der Waals surface area contributed by atoms with E-state index in [1.807, 2.05) is 19.1 Å². The van der Waals surface area contributed by atoms with Crippen LogP contribution in [0.1, 0.15) is 16.7 Å². The number of hydrogen-bond acceptors (Lipinski definition) is 5. The minimum Gasteiger partial charge on any atom is -0.494 e. The van der Waals surface area contributed by atoms with Gasteiger partial charge in [0.2, 0.25) is 0 Å². The molecule has 0 amide bonds. The van der Waals surface area contributed by atoms with Crippen LogP contribution in [0.3, 0.4) is 0 Å². The zero-order valence-corrected chi connectivity index (χ0v) is 14.7. The molecule has 2 aromatic heterocycles. The van der Waals surface area contributed by atoms with Gasteiger partial charge in [-0.25, -0.2) is 4.98 Å². The van der Waals surface area contributed by atoms with Gasteiger partial charge in [0.25, 0.3) is 0 Å². The van der Waals surface area contributed by atoms with Gasteiger partial charge in [-0.05, 0) is 30.5 Å². The molecule has 0 aliphatic carbocycles. The summed E-state index contributed by atoms with van der Waals surface area (Å²) in [4.78, 5) is 8.38. The summed E-state index contributed by atoms with van der Waals surface area (Å²) in [5.74, 6) is 0.820. The number of ether oxygens (including phenoxy) is 2. The highest BCUT2D eigenvalue weighted by Gasteiger charge is 2.24. The Hall–Kier alpha value is -2.11. The molecule has 0 N–H and O–H groups in total. The largest absolute Gasteiger partial charge is 0.494 e. The first-order valence-corrected chi connectivity index (χ1v) is 8.98. The van der Waals surface area contributed by atoms with Gasteiger partial charge >= 0.3 is 0 Å². The average molecular weight is 340 g/mol. The highest BCUT2D eigenvalue weighted by molar-refractivity contribution is 7.10. The smallest absolute Gasteiger partial charge is 0.145 e. The minimum absolute atomic E-state index is 0.132. The number of aryl methyl sites for hydroxylation is 1. The Labute approximate surface area is 145 Å². The van der Waals surface area contributed by atoms with Gasteiger partial charge in [-0.1, -0.05) is 18.2 Å². The molecule has 0 bridgehead atoms. The number of thiophene rings is 1. The quantitative estimate of drug-likeness (QED) is 0.716. The standard InChI is InChI=1S/C19H20N2O2S/c1-13-11-15(14-5-3-6-16(22-2)19(14)20-13)21-8-9-23-17(12-21)18-7-4-10-24-18/h3-7,10-11,17H,8-9,12H2,1-2H3. The first kappa shape index (κ1) is 15.4. The van der Waals surface area contributed by atoms with Gasteiger partial charge in [-0.2, -0.15) is 0 Å². The molecule has 3 aromatic rings. The Bertz CT molecular complexity index is 848. The molecule has 1 atom stereocenters. The Morgan fingerprint density at radius 1 is 1.29 bits per heavy atom. The van der Waals surface area contributed by atoms with Crippen molar-refractivity contribution in [3.8, 4) is 5.75 Å². The van der Waals surface area contributed by atoms with Crippen LogP contribution in [-0.2, 0) is 4.74 Å². The zero-order chi connectivity index (χ0) is 16.5. The second-order valence-electron chi connectivity index (χ2n) is 5.96. The van der Waals surface area contributed by atoms with E-state index in [0.29, 0.717) is 0 Å². The van der Waals surface area contributed by atoms with Crippen LogP contribution >= 0.6 is 11.3 Å². The van der Waals surface area contributed by atoms with Gasteiger partial charge in [0.05, 0.1) is 13.7 Å². The predicted molar refractivity (Wildman–Crippen MR) is 98.3 cm³/mol. The predicted octanol–water partition coefficient (Wildman–Crippen LogP) is 4.19. The molecular weight excluding hydrogens is 320 g/mol. The lowest BCUT2D eigenvalue weighted by Gasteiger charge is -2.35. The Kier molecular flexibility index (Phi) is 4.12. The van der Waals surface area contributed by atoms with Crippen LogP contribution in [0.15, 0.2) is 41.8 Å². The average Bonchev–Trinajstić information content (AvgIpc) is 3.15. The minimum atomic E-state index is 0.132. The van der Waals surface area contributed by atoms with Crippen molar-refractivity contribution >= 4 is 27.9 Å². The molecule has 5 heteroatoms. The number of fused-ring (bicyclic) bond motifs is 1. The van der Waals surface area contributed by atoms with Gasteiger partial charge in [-0.3, -0.25) is 0 Å². The molecule has 24 heavy (non-hydrogen) atoms. The summed E-state index contributed by atoms with van der Waals surface area (Å²) < 4.78 is 11.5. The molecule has 1 aliphatic heterocycles. The number of benzene rings is 1. The van der Waals surface area contributed by atoms with Crippen LogP contribution in [0.4, 0.5) is 5.69 Å². The van der Waals surface area contributed by atoms with Crippen LogP contribution < -0.4 is 9.64 Å². The lowest BCUT2D eigenvalue weighted by molar-refractivity contribution is 0.0422. The number of aromatic nitrogens is 1. The number of anilines is 1. The molecule has 1 fully saturated rings. The molecule has 0 spiro atoms. The van der Waals surface area contributed by atoms with Crippen LogP contribution in [0.2, 0.25) is 0 Å². The number of nitrogens with zero attached hydrogens (tertiary/aromatic N) is 2. The van der Waals surface area contributed by atoms with Gasteiger partial charge in [0.15, 0.2) is 0 Å². The van der Waals surface area contributed by atoms with Crippen molar-refractivity contribution in [3.05, 3.63) is 52.3 Å². The van der Waals surface area contributed by atoms with Gasteiger partial charge in [0, 0.05) is 34.7 Å².